The van der Waals surface area contributed by atoms with Gasteiger partial charge in [-0.1, -0.05) is 31.5 Å². The molecule has 2 aromatic carbocycles. The predicted molar refractivity (Wildman–Crippen MR) is 133 cm³/mol. The molecule has 1 aliphatic carbocycles. The van der Waals surface area contributed by atoms with Crippen molar-refractivity contribution in [3.05, 3.63) is 59.7 Å². The minimum absolute atomic E-state index is 0.0664. The fraction of sp³-hybridized carbons (Fsp3) is 0.407. The van der Waals surface area contributed by atoms with Gasteiger partial charge in [0, 0.05) is 29.6 Å². The van der Waals surface area contributed by atoms with Crippen molar-refractivity contribution >= 4 is 29.4 Å². The van der Waals surface area contributed by atoms with E-state index in [1.54, 1.807) is 48.5 Å². The molecule has 7 nitrogen and oxygen atoms in total. The number of carbonyl (C=O) groups excluding carboxylic acids is 2. The summed E-state index contributed by atoms with van der Waals surface area (Å²) in [6.45, 7) is 3.01. The molecule has 0 aromatic heterocycles. The molecule has 0 spiro atoms. The highest BCUT2D eigenvalue weighted by molar-refractivity contribution is 5.87. The maximum Gasteiger partial charge on any atom is 0.331 e. The van der Waals surface area contributed by atoms with Crippen LogP contribution in [0.2, 0.25) is 0 Å². The van der Waals surface area contributed by atoms with Crippen LogP contribution < -0.4 is 16.2 Å². The Labute approximate surface area is 201 Å². The number of carbonyl (C=O) groups is 2. The van der Waals surface area contributed by atoms with Crippen LogP contribution in [0.15, 0.2) is 48.5 Å². The summed E-state index contributed by atoms with van der Waals surface area (Å²) < 4.78 is 16.7. The highest BCUT2D eigenvalue weighted by Gasteiger charge is 2.28. The molecule has 0 unspecified atom stereocenters. The minimum Gasteiger partial charge on any atom is -0.458 e. The third-order valence-electron chi connectivity index (χ3n) is 5.91. The fourth-order valence-electron chi connectivity index (χ4n) is 3.81. The minimum atomic E-state index is -0.485. The lowest BCUT2D eigenvalue weighted by atomic mass is 9.87. The molecule has 1 aliphatic rings. The fourth-order valence-corrected chi connectivity index (χ4v) is 3.81. The number of esters is 2. The van der Waals surface area contributed by atoms with Gasteiger partial charge in [0.2, 0.25) is 0 Å². The van der Waals surface area contributed by atoms with Crippen molar-refractivity contribution in [2.75, 3.05) is 18.1 Å². The Morgan fingerprint density at radius 3 is 2.44 bits per heavy atom. The molecule has 4 N–H and O–H groups in total. The van der Waals surface area contributed by atoms with E-state index < -0.39 is 5.97 Å². The number of ether oxygens (including phenoxy) is 3. The summed E-state index contributed by atoms with van der Waals surface area (Å²) in [6, 6.07) is 12.1. The van der Waals surface area contributed by atoms with Crippen molar-refractivity contribution in [3.63, 3.8) is 0 Å². The van der Waals surface area contributed by atoms with E-state index in [9.17, 15) is 9.59 Å². The van der Waals surface area contributed by atoms with Gasteiger partial charge in [-0.3, -0.25) is 4.79 Å². The van der Waals surface area contributed by atoms with Crippen LogP contribution in [0.4, 0.5) is 11.4 Å². The van der Waals surface area contributed by atoms with Crippen molar-refractivity contribution in [1.29, 1.82) is 0 Å². The van der Waals surface area contributed by atoms with Gasteiger partial charge in [0.1, 0.15) is 12.4 Å². The van der Waals surface area contributed by atoms with Gasteiger partial charge in [0.25, 0.3) is 0 Å². The standard InChI is InChI=1S/C27H34N2O5/c1-2-3-16-32-23-13-8-20(9-14-23)27(31)34-24-11-4-19(5-12-24)6-15-26(30)33-18-21-7-10-22(28)17-25(21)29/h4-7,10-12,15,17,20,23H,2-3,8-9,13-14,16,18,28-29H2,1H3/b15-6+. The first-order chi connectivity index (χ1) is 16.4. The van der Waals surface area contributed by atoms with E-state index in [4.69, 9.17) is 25.7 Å². The van der Waals surface area contributed by atoms with Crippen LogP contribution in [-0.4, -0.2) is 24.6 Å². The lowest BCUT2D eigenvalue weighted by Gasteiger charge is -2.27. The molecule has 0 amide bonds. The molecule has 3 rings (SSSR count). The summed E-state index contributed by atoms with van der Waals surface area (Å²) in [5, 5.41) is 0. The Kier molecular flexibility index (Phi) is 9.52. The van der Waals surface area contributed by atoms with Gasteiger partial charge in [-0.05, 0) is 68.0 Å². The molecular weight excluding hydrogens is 432 g/mol. The zero-order valence-electron chi connectivity index (χ0n) is 19.7. The number of hydrogen-bond acceptors (Lipinski definition) is 7. The SMILES string of the molecule is CCCCOC1CCC(C(=O)Oc2ccc(/C=C/C(=O)OCc3ccc(N)cc3N)cc2)CC1. The van der Waals surface area contributed by atoms with E-state index in [-0.39, 0.29) is 24.6 Å². The lowest BCUT2D eigenvalue weighted by molar-refractivity contribution is -0.141. The maximum atomic E-state index is 12.5. The zero-order valence-corrected chi connectivity index (χ0v) is 19.7. The van der Waals surface area contributed by atoms with Gasteiger partial charge in [-0.25, -0.2) is 4.79 Å². The smallest absolute Gasteiger partial charge is 0.331 e. The van der Waals surface area contributed by atoms with Crippen molar-refractivity contribution in [3.8, 4) is 5.75 Å². The van der Waals surface area contributed by atoms with Gasteiger partial charge in [0.15, 0.2) is 0 Å². The molecule has 0 bridgehead atoms. The number of unbranched alkanes of at least 4 members (excludes halogenated alkanes) is 1. The average Bonchev–Trinajstić information content (AvgIpc) is 2.83. The molecule has 182 valence electrons. The summed E-state index contributed by atoms with van der Waals surface area (Å²) >= 11 is 0. The summed E-state index contributed by atoms with van der Waals surface area (Å²) in [4.78, 5) is 24.5. The van der Waals surface area contributed by atoms with Crippen LogP contribution in [0, 0.1) is 5.92 Å². The Hall–Kier alpha value is -3.32. The van der Waals surface area contributed by atoms with E-state index in [1.165, 1.54) is 6.08 Å². The quantitative estimate of drug-likeness (QED) is 0.168. The maximum absolute atomic E-state index is 12.5. The molecule has 7 heteroatoms. The highest BCUT2D eigenvalue weighted by atomic mass is 16.5. The van der Waals surface area contributed by atoms with Crippen LogP contribution in [-0.2, 0) is 25.7 Å². The number of anilines is 2. The van der Waals surface area contributed by atoms with E-state index in [0.29, 0.717) is 22.7 Å². The van der Waals surface area contributed by atoms with Gasteiger partial charge < -0.3 is 25.7 Å². The first kappa shape index (κ1) is 25.3. The van der Waals surface area contributed by atoms with Crippen LogP contribution in [0.25, 0.3) is 6.08 Å². The molecule has 0 saturated heterocycles. The van der Waals surface area contributed by atoms with E-state index in [2.05, 4.69) is 6.92 Å². The van der Waals surface area contributed by atoms with Crippen molar-refractivity contribution in [1.82, 2.24) is 0 Å². The van der Waals surface area contributed by atoms with Crippen LogP contribution in [0.3, 0.4) is 0 Å². The summed E-state index contributed by atoms with van der Waals surface area (Å²) in [7, 11) is 0. The summed E-state index contributed by atoms with van der Waals surface area (Å²) in [5.74, 6) is -0.276. The van der Waals surface area contributed by atoms with Crippen molar-refractivity contribution < 1.29 is 23.8 Å². The van der Waals surface area contributed by atoms with Crippen LogP contribution >= 0.6 is 0 Å². The second kappa shape index (κ2) is 12.8. The predicted octanol–water partition coefficient (Wildman–Crippen LogP) is 4.89. The first-order valence-corrected chi connectivity index (χ1v) is 11.9. The molecule has 0 aliphatic heterocycles. The largest absolute Gasteiger partial charge is 0.458 e. The van der Waals surface area contributed by atoms with Crippen molar-refractivity contribution in [2.24, 2.45) is 5.92 Å². The highest BCUT2D eigenvalue weighted by Crippen LogP contribution is 2.28. The van der Waals surface area contributed by atoms with Gasteiger partial charge >= 0.3 is 11.9 Å². The topological polar surface area (TPSA) is 114 Å². The van der Waals surface area contributed by atoms with Gasteiger partial charge in [-0.2, -0.15) is 0 Å². The van der Waals surface area contributed by atoms with Crippen LogP contribution in [0.5, 0.6) is 5.75 Å². The molecular formula is C27H34N2O5. The Morgan fingerprint density at radius 2 is 1.76 bits per heavy atom. The molecule has 0 atom stereocenters. The number of benzene rings is 2. The van der Waals surface area contributed by atoms with Crippen LogP contribution in [0.1, 0.15) is 56.6 Å². The zero-order chi connectivity index (χ0) is 24.3. The van der Waals surface area contributed by atoms with Crippen molar-refractivity contribution in [2.45, 2.75) is 58.2 Å². The Morgan fingerprint density at radius 1 is 1.03 bits per heavy atom. The lowest BCUT2D eigenvalue weighted by Crippen LogP contribution is -2.29. The number of hydrogen-bond donors (Lipinski definition) is 2. The first-order valence-electron chi connectivity index (χ1n) is 11.9. The Bertz CT molecular complexity index is 979. The van der Waals surface area contributed by atoms with Gasteiger partial charge in [-0.15, -0.1) is 0 Å². The molecule has 2 aromatic rings. The second-order valence-corrected chi connectivity index (χ2v) is 8.59. The molecule has 34 heavy (non-hydrogen) atoms. The monoisotopic (exact) mass is 466 g/mol. The molecule has 0 radical (unpaired) electrons. The molecule has 0 heterocycles. The third kappa shape index (κ3) is 7.92. The van der Waals surface area contributed by atoms with E-state index in [1.807, 2.05) is 0 Å². The van der Waals surface area contributed by atoms with Gasteiger partial charge in [0.05, 0.1) is 12.0 Å². The Balaban J connectivity index is 1.41. The normalized spacial score (nSPS) is 18.0. The molecule has 1 fully saturated rings. The van der Waals surface area contributed by atoms with E-state index in [0.717, 1.165) is 50.7 Å². The number of nitrogens with two attached hydrogens (primary N) is 2. The summed E-state index contributed by atoms with van der Waals surface area (Å²) in [6.07, 6.45) is 8.82. The van der Waals surface area contributed by atoms with E-state index >= 15 is 0 Å². The number of nitrogen functional groups attached to an aromatic ring is 2. The number of rotatable bonds is 10. The molecule has 1 saturated carbocycles. The average molecular weight is 467 g/mol. The second-order valence-electron chi connectivity index (χ2n) is 8.59. The third-order valence-corrected chi connectivity index (χ3v) is 5.91. The summed E-state index contributed by atoms with van der Waals surface area (Å²) in [5.41, 5.74) is 14.0.